The number of hydrogen-bond acceptors (Lipinski definition) is 3. The summed E-state index contributed by atoms with van der Waals surface area (Å²) in [6.07, 6.45) is 0.564. The zero-order chi connectivity index (χ0) is 12.4. The molecule has 1 aliphatic rings. The molecular weight excluding hydrogens is 242 g/mol. The standard InChI is InChI=1S/C12H12ClNO3/c13-9-4-2-1-3-8(9)7-14-10(12(16)17)5-6-11(14)15/h1-4,10H,5-7H2,(H,16,17)/p-1. The number of amides is 1. The number of carboxylic acids is 1. The van der Waals surface area contributed by atoms with E-state index >= 15 is 0 Å². The minimum atomic E-state index is -1.21. The predicted octanol–water partition coefficient (Wildman–Crippen LogP) is 0.581. The highest BCUT2D eigenvalue weighted by Gasteiger charge is 2.31. The van der Waals surface area contributed by atoms with Crippen molar-refractivity contribution in [3.8, 4) is 0 Å². The number of carbonyl (C=O) groups is 2. The highest BCUT2D eigenvalue weighted by molar-refractivity contribution is 6.31. The molecule has 1 amide bonds. The van der Waals surface area contributed by atoms with Crippen LogP contribution in [0.3, 0.4) is 0 Å². The van der Waals surface area contributed by atoms with Gasteiger partial charge in [0.1, 0.15) is 0 Å². The third kappa shape index (κ3) is 2.42. The van der Waals surface area contributed by atoms with E-state index in [1.54, 1.807) is 24.3 Å². The second-order valence-corrected chi connectivity index (χ2v) is 4.39. The second kappa shape index (κ2) is 4.75. The summed E-state index contributed by atoms with van der Waals surface area (Å²) in [5, 5.41) is 11.4. The maximum atomic E-state index is 11.6. The monoisotopic (exact) mass is 252 g/mol. The topological polar surface area (TPSA) is 60.4 Å². The van der Waals surface area contributed by atoms with Crippen LogP contribution in [0.4, 0.5) is 0 Å². The molecule has 17 heavy (non-hydrogen) atoms. The number of rotatable bonds is 3. The Kier molecular flexibility index (Phi) is 3.33. The molecule has 1 unspecified atom stereocenters. The first-order chi connectivity index (χ1) is 8.09. The SMILES string of the molecule is O=C([O-])C1CCC(=O)N1Cc1ccccc1Cl. The quantitative estimate of drug-likeness (QED) is 0.791. The summed E-state index contributed by atoms with van der Waals surface area (Å²) >= 11 is 5.98. The first kappa shape index (κ1) is 11.9. The van der Waals surface area contributed by atoms with Crippen molar-refractivity contribution >= 4 is 23.5 Å². The molecule has 1 saturated heterocycles. The zero-order valence-corrected chi connectivity index (χ0v) is 9.81. The van der Waals surface area contributed by atoms with Crippen molar-refractivity contribution in [3.63, 3.8) is 0 Å². The number of nitrogens with zero attached hydrogens (tertiary/aromatic N) is 1. The van der Waals surface area contributed by atoms with Crippen molar-refractivity contribution in [1.82, 2.24) is 4.90 Å². The molecule has 1 heterocycles. The molecule has 1 atom stereocenters. The van der Waals surface area contributed by atoms with Crippen LogP contribution in [0.5, 0.6) is 0 Å². The second-order valence-electron chi connectivity index (χ2n) is 3.99. The summed E-state index contributed by atoms with van der Waals surface area (Å²) in [6.45, 7) is 0.219. The number of likely N-dealkylation sites (tertiary alicyclic amines) is 1. The number of hydrogen-bond donors (Lipinski definition) is 0. The van der Waals surface area contributed by atoms with E-state index in [-0.39, 0.29) is 18.9 Å². The third-order valence-electron chi connectivity index (χ3n) is 2.90. The van der Waals surface area contributed by atoms with Gasteiger partial charge >= 0.3 is 0 Å². The average molecular weight is 253 g/mol. The minimum absolute atomic E-state index is 0.167. The fourth-order valence-corrected chi connectivity index (χ4v) is 2.18. The van der Waals surface area contributed by atoms with Gasteiger partial charge in [0.15, 0.2) is 0 Å². The summed E-state index contributed by atoms with van der Waals surface area (Å²) in [7, 11) is 0. The van der Waals surface area contributed by atoms with Crippen LogP contribution < -0.4 is 5.11 Å². The van der Waals surface area contributed by atoms with Gasteiger partial charge < -0.3 is 14.8 Å². The summed E-state index contributed by atoms with van der Waals surface area (Å²) < 4.78 is 0. The number of carboxylic acid groups (broad SMARTS) is 1. The van der Waals surface area contributed by atoms with Crippen LogP contribution in [0.25, 0.3) is 0 Å². The lowest BCUT2D eigenvalue weighted by molar-refractivity contribution is -0.310. The largest absolute Gasteiger partial charge is 0.548 e. The first-order valence-electron chi connectivity index (χ1n) is 5.33. The molecule has 0 aromatic heterocycles. The van der Waals surface area contributed by atoms with Gasteiger partial charge in [0.05, 0.1) is 12.0 Å². The number of halogens is 1. The molecule has 1 aromatic carbocycles. The van der Waals surface area contributed by atoms with Gasteiger partial charge in [-0.2, -0.15) is 0 Å². The van der Waals surface area contributed by atoms with Gasteiger partial charge in [-0.3, -0.25) is 4.79 Å². The van der Waals surface area contributed by atoms with Crippen molar-refractivity contribution in [2.24, 2.45) is 0 Å². The normalized spacial score (nSPS) is 19.7. The Balaban J connectivity index is 2.19. The molecule has 0 bridgehead atoms. The van der Waals surface area contributed by atoms with Crippen LogP contribution in [0.15, 0.2) is 24.3 Å². The third-order valence-corrected chi connectivity index (χ3v) is 3.27. The lowest BCUT2D eigenvalue weighted by atomic mass is 10.2. The summed E-state index contributed by atoms with van der Waals surface area (Å²) in [6, 6.07) is 6.24. The van der Waals surface area contributed by atoms with E-state index in [0.29, 0.717) is 11.4 Å². The molecule has 0 N–H and O–H groups in total. The van der Waals surface area contributed by atoms with Crippen molar-refractivity contribution in [1.29, 1.82) is 0 Å². The maximum absolute atomic E-state index is 11.6. The Labute approximate surface area is 104 Å². The molecular formula is C12H11ClNO3-. The molecule has 1 fully saturated rings. The van der Waals surface area contributed by atoms with Crippen LogP contribution in [0, 0.1) is 0 Å². The number of aliphatic carboxylic acids is 1. The fraction of sp³-hybridized carbons (Fsp3) is 0.333. The lowest BCUT2D eigenvalue weighted by Crippen LogP contribution is -2.45. The molecule has 1 aliphatic heterocycles. The molecule has 90 valence electrons. The van der Waals surface area contributed by atoms with E-state index in [9.17, 15) is 14.7 Å². The maximum Gasteiger partial charge on any atom is 0.223 e. The molecule has 5 heteroatoms. The summed E-state index contributed by atoms with van der Waals surface area (Å²) in [5.74, 6) is -1.37. The number of carbonyl (C=O) groups excluding carboxylic acids is 2. The molecule has 0 spiro atoms. The van der Waals surface area contributed by atoms with Crippen molar-refractivity contribution in [2.75, 3.05) is 0 Å². The van der Waals surface area contributed by atoms with Gasteiger partial charge in [0.2, 0.25) is 5.91 Å². The van der Waals surface area contributed by atoms with Crippen LogP contribution in [0.2, 0.25) is 5.02 Å². The van der Waals surface area contributed by atoms with Crippen LogP contribution in [0.1, 0.15) is 18.4 Å². The average Bonchev–Trinajstić information content (AvgIpc) is 2.64. The van der Waals surface area contributed by atoms with Crippen LogP contribution in [-0.4, -0.2) is 22.8 Å². The van der Waals surface area contributed by atoms with Crippen LogP contribution in [-0.2, 0) is 16.1 Å². The molecule has 4 nitrogen and oxygen atoms in total. The van der Waals surface area contributed by atoms with Crippen molar-refractivity contribution in [2.45, 2.75) is 25.4 Å². The van der Waals surface area contributed by atoms with E-state index in [1.165, 1.54) is 4.90 Å². The Bertz CT molecular complexity index is 461. The Morgan fingerprint density at radius 3 is 2.82 bits per heavy atom. The van der Waals surface area contributed by atoms with Gasteiger partial charge in [-0.05, 0) is 18.1 Å². The van der Waals surface area contributed by atoms with E-state index < -0.39 is 12.0 Å². The Morgan fingerprint density at radius 2 is 2.18 bits per heavy atom. The lowest BCUT2D eigenvalue weighted by Gasteiger charge is -2.25. The van der Waals surface area contributed by atoms with Crippen molar-refractivity contribution < 1.29 is 14.7 Å². The van der Waals surface area contributed by atoms with Crippen LogP contribution >= 0.6 is 11.6 Å². The minimum Gasteiger partial charge on any atom is -0.548 e. The predicted molar refractivity (Wildman–Crippen MR) is 60.0 cm³/mol. The number of benzene rings is 1. The summed E-state index contributed by atoms with van der Waals surface area (Å²) in [4.78, 5) is 23.8. The molecule has 1 aromatic rings. The highest BCUT2D eigenvalue weighted by Crippen LogP contribution is 2.24. The van der Waals surface area contributed by atoms with Gasteiger partial charge in [0, 0.05) is 18.0 Å². The first-order valence-corrected chi connectivity index (χ1v) is 5.71. The van der Waals surface area contributed by atoms with Gasteiger partial charge in [0.25, 0.3) is 0 Å². The van der Waals surface area contributed by atoms with Gasteiger partial charge in [-0.15, -0.1) is 0 Å². The van der Waals surface area contributed by atoms with E-state index in [1.807, 2.05) is 0 Å². The van der Waals surface area contributed by atoms with Gasteiger partial charge in [-0.1, -0.05) is 29.8 Å². The van der Waals surface area contributed by atoms with E-state index in [4.69, 9.17) is 11.6 Å². The van der Waals surface area contributed by atoms with Crippen molar-refractivity contribution in [3.05, 3.63) is 34.9 Å². The molecule has 0 radical (unpaired) electrons. The highest BCUT2D eigenvalue weighted by atomic mass is 35.5. The zero-order valence-electron chi connectivity index (χ0n) is 9.06. The van der Waals surface area contributed by atoms with E-state index in [2.05, 4.69) is 0 Å². The Morgan fingerprint density at radius 1 is 1.47 bits per heavy atom. The molecule has 0 aliphatic carbocycles. The Hall–Kier alpha value is -1.55. The van der Waals surface area contributed by atoms with Gasteiger partial charge in [-0.25, -0.2) is 0 Å². The smallest absolute Gasteiger partial charge is 0.223 e. The molecule has 0 saturated carbocycles. The summed E-state index contributed by atoms with van der Waals surface area (Å²) in [5.41, 5.74) is 0.746. The fourth-order valence-electron chi connectivity index (χ4n) is 1.99. The molecule has 2 rings (SSSR count). The van der Waals surface area contributed by atoms with E-state index in [0.717, 1.165) is 5.56 Å².